The molecule has 2 atom stereocenters. The van der Waals surface area contributed by atoms with Crippen LogP contribution in [0.1, 0.15) is 23.7 Å². The van der Waals surface area contributed by atoms with E-state index in [0.29, 0.717) is 19.2 Å². The van der Waals surface area contributed by atoms with E-state index in [1.165, 1.54) is 0 Å². The van der Waals surface area contributed by atoms with E-state index in [0.717, 1.165) is 36.3 Å². The van der Waals surface area contributed by atoms with Crippen LogP contribution in [0.15, 0.2) is 23.1 Å². The summed E-state index contributed by atoms with van der Waals surface area (Å²) in [6.45, 7) is 0.947. The molecule has 2 aromatic heterocycles. The van der Waals surface area contributed by atoms with Gasteiger partial charge in [0, 0.05) is 26.4 Å². The largest absolute Gasteiger partial charge is 0.377 e. The SMILES string of the molecule is CN(C)c1ccnc(NC2COCC2n2nc3c(cc2=O)CCC3)n1. The Kier molecular flexibility index (Phi) is 4.12. The third kappa shape index (κ3) is 3.09. The number of anilines is 2. The van der Waals surface area contributed by atoms with Gasteiger partial charge in [-0.15, -0.1) is 0 Å². The zero-order valence-corrected chi connectivity index (χ0v) is 14.5. The molecule has 1 N–H and O–H groups in total. The number of aromatic nitrogens is 4. The van der Waals surface area contributed by atoms with Gasteiger partial charge in [0.05, 0.1) is 24.9 Å². The van der Waals surface area contributed by atoms with E-state index in [9.17, 15) is 4.79 Å². The predicted molar refractivity (Wildman–Crippen MR) is 94.1 cm³/mol. The molecule has 132 valence electrons. The van der Waals surface area contributed by atoms with E-state index in [2.05, 4.69) is 20.4 Å². The Labute approximate surface area is 145 Å². The van der Waals surface area contributed by atoms with Gasteiger partial charge in [0.15, 0.2) is 0 Å². The van der Waals surface area contributed by atoms with Gasteiger partial charge in [-0.25, -0.2) is 9.67 Å². The summed E-state index contributed by atoms with van der Waals surface area (Å²) in [6.07, 6.45) is 4.68. The van der Waals surface area contributed by atoms with Crippen molar-refractivity contribution in [1.82, 2.24) is 19.7 Å². The van der Waals surface area contributed by atoms with Crippen LogP contribution >= 0.6 is 0 Å². The van der Waals surface area contributed by atoms with Crippen molar-refractivity contribution in [2.24, 2.45) is 0 Å². The number of ether oxygens (including phenoxy) is 1. The lowest BCUT2D eigenvalue weighted by Gasteiger charge is -2.21. The standard InChI is InChI=1S/C17H22N6O2/c1-22(2)15-6-7-18-17(20-15)19-13-9-25-10-14(13)23-16(24)8-11-4-3-5-12(11)21-23/h6-8,13-14H,3-5,9-10H2,1-2H3,(H,18,19,20). The predicted octanol–water partition coefficient (Wildman–Crippen LogP) is 0.640. The molecule has 0 radical (unpaired) electrons. The van der Waals surface area contributed by atoms with Crippen LogP contribution in [0.25, 0.3) is 0 Å². The number of rotatable bonds is 4. The minimum atomic E-state index is -0.162. The average molecular weight is 342 g/mol. The highest BCUT2D eigenvalue weighted by Gasteiger charge is 2.32. The van der Waals surface area contributed by atoms with Gasteiger partial charge in [-0.2, -0.15) is 10.1 Å². The highest BCUT2D eigenvalue weighted by Crippen LogP contribution is 2.23. The maximum Gasteiger partial charge on any atom is 0.267 e. The van der Waals surface area contributed by atoms with E-state index in [-0.39, 0.29) is 17.6 Å². The minimum Gasteiger partial charge on any atom is -0.377 e. The van der Waals surface area contributed by atoms with E-state index in [1.807, 2.05) is 25.1 Å². The third-order valence-corrected chi connectivity index (χ3v) is 4.76. The number of hydrogen-bond acceptors (Lipinski definition) is 7. The van der Waals surface area contributed by atoms with Crippen LogP contribution in [0.2, 0.25) is 0 Å². The summed E-state index contributed by atoms with van der Waals surface area (Å²) >= 11 is 0. The Morgan fingerprint density at radius 2 is 2.20 bits per heavy atom. The lowest BCUT2D eigenvalue weighted by atomic mass is 10.1. The first kappa shape index (κ1) is 16.0. The Hall–Kier alpha value is -2.48. The van der Waals surface area contributed by atoms with Crippen molar-refractivity contribution in [2.75, 3.05) is 37.5 Å². The van der Waals surface area contributed by atoms with Crippen molar-refractivity contribution in [3.05, 3.63) is 39.9 Å². The molecular weight excluding hydrogens is 320 g/mol. The smallest absolute Gasteiger partial charge is 0.267 e. The number of nitrogens with one attached hydrogen (secondary N) is 1. The van der Waals surface area contributed by atoms with Crippen LogP contribution in [-0.2, 0) is 17.6 Å². The first-order chi connectivity index (χ1) is 12.1. The maximum atomic E-state index is 12.5. The summed E-state index contributed by atoms with van der Waals surface area (Å²) in [5, 5.41) is 7.91. The topological polar surface area (TPSA) is 85.2 Å². The van der Waals surface area contributed by atoms with E-state index >= 15 is 0 Å². The number of hydrogen-bond donors (Lipinski definition) is 1. The molecule has 0 saturated carbocycles. The minimum absolute atomic E-state index is 0.0640. The molecule has 1 saturated heterocycles. The molecule has 4 rings (SSSR count). The van der Waals surface area contributed by atoms with Gasteiger partial charge in [-0.1, -0.05) is 0 Å². The first-order valence-electron chi connectivity index (χ1n) is 8.58. The average Bonchev–Trinajstić information content (AvgIpc) is 3.23. The Balaban J connectivity index is 1.59. The van der Waals surface area contributed by atoms with Gasteiger partial charge in [-0.05, 0) is 30.9 Å². The quantitative estimate of drug-likeness (QED) is 0.873. The summed E-state index contributed by atoms with van der Waals surface area (Å²) in [6, 6.07) is 3.32. The lowest BCUT2D eigenvalue weighted by Crippen LogP contribution is -2.38. The molecule has 1 aliphatic carbocycles. The molecule has 3 heterocycles. The van der Waals surface area contributed by atoms with Crippen LogP contribution in [0.4, 0.5) is 11.8 Å². The summed E-state index contributed by atoms with van der Waals surface area (Å²) in [5.74, 6) is 1.35. The second-order valence-corrected chi connectivity index (χ2v) is 6.74. The summed E-state index contributed by atoms with van der Waals surface area (Å²) in [4.78, 5) is 23.2. The van der Waals surface area contributed by atoms with Crippen molar-refractivity contribution in [2.45, 2.75) is 31.3 Å². The molecule has 0 spiro atoms. The zero-order chi connectivity index (χ0) is 17.4. The second-order valence-electron chi connectivity index (χ2n) is 6.74. The molecular formula is C17H22N6O2. The fourth-order valence-corrected chi connectivity index (χ4v) is 3.41. The summed E-state index contributed by atoms with van der Waals surface area (Å²) < 4.78 is 7.19. The number of aryl methyl sites for hydroxylation is 2. The van der Waals surface area contributed by atoms with Crippen LogP contribution in [0.3, 0.4) is 0 Å². The molecule has 25 heavy (non-hydrogen) atoms. The van der Waals surface area contributed by atoms with Crippen molar-refractivity contribution >= 4 is 11.8 Å². The van der Waals surface area contributed by atoms with Gasteiger partial charge in [0.2, 0.25) is 5.95 Å². The number of nitrogens with zero attached hydrogens (tertiary/aromatic N) is 5. The highest BCUT2D eigenvalue weighted by atomic mass is 16.5. The first-order valence-corrected chi connectivity index (χ1v) is 8.58. The molecule has 0 amide bonds. The monoisotopic (exact) mass is 342 g/mol. The fraction of sp³-hybridized carbons (Fsp3) is 0.529. The van der Waals surface area contributed by atoms with Gasteiger partial charge in [-0.3, -0.25) is 4.79 Å². The summed E-state index contributed by atoms with van der Waals surface area (Å²) in [5.41, 5.74) is 2.06. The molecule has 2 aliphatic rings. The number of fused-ring (bicyclic) bond motifs is 1. The molecule has 2 unspecified atom stereocenters. The van der Waals surface area contributed by atoms with Crippen molar-refractivity contribution in [3.8, 4) is 0 Å². The van der Waals surface area contributed by atoms with Gasteiger partial charge in [0.1, 0.15) is 11.9 Å². The van der Waals surface area contributed by atoms with E-state index in [4.69, 9.17) is 4.74 Å². The molecule has 8 nitrogen and oxygen atoms in total. The zero-order valence-electron chi connectivity index (χ0n) is 14.5. The van der Waals surface area contributed by atoms with Crippen LogP contribution < -0.4 is 15.8 Å². The van der Waals surface area contributed by atoms with Crippen LogP contribution in [0, 0.1) is 0 Å². The lowest BCUT2D eigenvalue weighted by molar-refractivity contribution is 0.182. The Morgan fingerprint density at radius 1 is 1.32 bits per heavy atom. The third-order valence-electron chi connectivity index (χ3n) is 4.76. The molecule has 2 aromatic rings. The highest BCUT2D eigenvalue weighted by molar-refractivity contribution is 5.41. The Bertz CT molecular complexity index is 834. The van der Waals surface area contributed by atoms with Crippen molar-refractivity contribution < 1.29 is 4.74 Å². The van der Waals surface area contributed by atoms with E-state index in [1.54, 1.807) is 16.9 Å². The molecule has 0 aromatic carbocycles. The fourth-order valence-electron chi connectivity index (χ4n) is 3.41. The van der Waals surface area contributed by atoms with Crippen molar-refractivity contribution in [1.29, 1.82) is 0 Å². The maximum absolute atomic E-state index is 12.5. The second kappa shape index (κ2) is 6.44. The normalized spacial score (nSPS) is 22.0. The molecule has 0 bridgehead atoms. The molecule has 1 fully saturated rings. The summed E-state index contributed by atoms with van der Waals surface area (Å²) in [7, 11) is 3.86. The molecule has 1 aliphatic heterocycles. The van der Waals surface area contributed by atoms with Gasteiger partial charge < -0.3 is 15.0 Å². The van der Waals surface area contributed by atoms with Crippen LogP contribution in [-0.4, -0.2) is 53.1 Å². The van der Waals surface area contributed by atoms with Crippen LogP contribution in [0.5, 0.6) is 0 Å². The Morgan fingerprint density at radius 3 is 3.04 bits per heavy atom. The van der Waals surface area contributed by atoms with E-state index < -0.39 is 0 Å². The van der Waals surface area contributed by atoms with Gasteiger partial charge in [0.25, 0.3) is 5.56 Å². The van der Waals surface area contributed by atoms with Gasteiger partial charge >= 0.3 is 0 Å². The van der Waals surface area contributed by atoms with Crippen molar-refractivity contribution in [3.63, 3.8) is 0 Å². The molecule has 8 heteroatoms.